The Morgan fingerprint density at radius 1 is 1.06 bits per heavy atom. The zero-order chi connectivity index (χ0) is 23.7. The number of carbonyl (C=O) groups is 4. The van der Waals surface area contributed by atoms with E-state index < -0.39 is 52.9 Å². The summed E-state index contributed by atoms with van der Waals surface area (Å²) < 4.78 is 44.2. The molecule has 4 amide bonds. The summed E-state index contributed by atoms with van der Waals surface area (Å²) in [4.78, 5) is 48.0. The Kier molecular flexibility index (Phi) is 5.93. The molecule has 0 saturated carbocycles. The van der Waals surface area contributed by atoms with Crippen molar-refractivity contribution in [1.82, 2.24) is 10.6 Å². The Balaban J connectivity index is 1.67. The number of rotatable bonds is 5. The molecule has 1 fully saturated rings. The molecule has 168 valence electrons. The minimum absolute atomic E-state index is 0.0393. The summed E-state index contributed by atoms with van der Waals surface area (Å²) in [5.74, 6) is -2.39. The fraction of sp³-hybridized carbons (Fsp3) is 0.238. The van der Waals surface area contributed by atoms with Crippen molar-refractivity contribution in [3.8, 4) is 0 Å². The van der Waals surface area contributed by atoms with Gasteiger partial charge in [0.05, 0.1) is 16.8 Å². The minimum Gasteiger partial charge on any atom is -0.449 e. The number of imide groups is 1. The van der Waals surface area contributed by atoms with Gasteiger partial charge in [0.1, 0.15) is 5.54 Å². The van der Waals surface area contributed by atoms with Gasteiger partial charge in [-0.25, -0.2) is 9.59 Å². The smallest absolute Gasteiger partial charge is 0.418 e. The van der Waals surface area contributed by atoms with Crippen LogP contribution in [0.5, 0.6) is 0 Å². The Hall–Kier alpha value is -3.89. The molecule has 11 heteroatoms. The van der Waals surface area contributed by atoms with Crippen LogP contribution in [-0.2, 0) is 26.0 Å². The van der Waals surface area contributed by atoms with Gasteiger partial charge in [-0.3, -0.25) is 14.9 Å². The van der Waals surface area contributed by atoms with Crippen LogP contribution in [0, 0.1) is 0 Å². The van der Waals surface area contributed by atoms with E-state index in [1.165, 1.54) is 50.2 Å². The molecular weight excluding hydrogens is 431 g/mol. The van der Waals surface area contributed by atoms with Gasteiger partial charge in [-0.2, -0.15) is 13.2 Å². The fourth-order valence-corrected chi connectivity index (χ4v) is 3.04. The SMILES string of the molecule is C[C@@H](OC(=O)c1ccc([C@@]2(C)NC(=O)NC2=O)cc1)C(=O)Nc1ccccc1C(F)(F)F. The van der Waals surface area contributed by atoms with Crippen molar-refractivity contribution in [1.29, 1.82) is 0 Å². The highest BCUT2D eigenvalue weighted by molar-refractivity contribution is 6.07. The van der Waals surface area contributed by atoms with E-state index >= 15 is 0 Å². The molecule has 3 rings (SSSR count). The molecule has 2 atom stereocenters. The van der Waals surface area contributed by atoms with Crippen molar-refractivity contribution in [2.75, 3.05) is 5.32 Å². The summed E-state index contributed by atoms with van der Waals surface area (Å²) in [6.07, 6.45) is -6.06. The molecule has 1 aliphatic rings. The molecule has 0 radical (unpaired) electrons. The third kappa shape index (κ3) is 4.56. The Labute approximate surface area is 180 Å². The first-order chi connectivity index (χ1) is 14.9. The predicted octanol–water partition coefficient (Wildman–Crippen LogP) is 2.94. The maximum atomic E-state index is 13.1. The number of halogens is 3. The van der Waals surface area contributed by atoms with Crippen molar-refractivity contribution in [3.63, 3.8) is 0 Å². The second kappa shape index (κ2) is 8.33. The van der Waals surface area contributed by atoms with E-state index in [1.54, 1.807) is 0 Å². The summed E-state index contributed by atoms with van der Waals surface area (Å²) in [7, 11) is 0. The third-order valence-corrected chi connectivity index (χ3v) is 4.89. The lowest BCUT2D eigenvalue weighted by molar-refractivity contribution is -0.137. The van der Waals surface area contributed by atoms with Gasteiger partial charge in [-0.15, -0.1) is 0 Å². The van der Waals surface area contributed by atoms with Gasteiger partial charge in [-0.05, 0) is 43.7 Å². The molecule has 2 aromatic rings. The van der Waals surface area contributed by atoms with Crippen molar-refractivity contribution in [2.24, 2.45) is 0 Å². The highest BCUT2D eigenvalue weighted by Crippen LogP contribution is 2.34. The number of anilines is 1. The van der Waals surface area contributed by atoms with Crippen LogP contribution < -0.4 is 16.0 Å². The van der Waals surface area contributed by atoms with Gasteiger partial charge in [-0.1, -0.05) is 24.3 Å². The Morgan fingerprint density at radius 2 is 1.69 bits per heavy atom. The third-order valence-electron chi connectivity index (χ3n) is 4.89. The van der Waals surface area contributed by atoms with Crippen LogP contribution in [0.15, 0.2) is 48.5 Å². The minimum atomic E-state index is -4.67. The van der Waals surface area contributed by atoms with Crippen LogP contribution >= 0.6 is 0 Å². The zero-order valence-corrected chi connectivity index (χ0v) is 16.9. The highest BCUT2D eigenvalue weighted by atomic mass is 19.4. The lowest BCUT2D eigenvalue weighted by atomic mass is 9.91. The van der Waals surface area contributed by atoms with E-state index in [2.05, 4.69) is 16.0 Å². The molecule has 1 saturated heterocycles. The number of carbonyl (C=O) groups excluding carboxylic acids is 4. The summed E-state index contributed by atoms with van der Waals surface area (Å²) in [6, 6.07) is 9.33. The number of benzene rings is 2. The monoisotopic (exact) mass is 449 g/mol. The Bertz CT molecular complexity index is 1080. The van der Waals surface area contributed by atoms with Gasteiger partial charge >= 0.3 is 18.2 Å². The molecule has 8 nitrogen and oxygen atoms in total. The van der Waals surface area contributed by atoms with Crippen LogP contribution in [-0.4, -0.2) is 29.9 Å². The number of urea groups is 1. The van der Waals surface area contributed by atoms with Crippen LogP contribution in [0.3, 0.4) is 0 Å². The predicted molar refractivity (Wildman–Crippen MR) is 105 cm³/mol. The number of esters is 1. The van der Waals surface area contributed by atoms with E-state index in [1.807, 2.05) is 0 Å². The van der Waals surface area contributed by atoms with E-state index in [0.29, 0.717) is 5.56 Å². The van der Waals surface area contributed by atoms with E-state index in [-0.39, 0.29) is 5.56 Å². The van der Waals surface area contributed by atoms with E-state index in [4.69, 9.17) is 4.74 Å². The summed E-state index contributed by atoms with van der Waals surface area (Å²) in [6.45, 7) is 2.71. The molecule has 0 spiro atoms. The van der Waals surface area contributed by atoms with Crippen molar-refractivity contribution >= 4 is 29.5 Å². The first-order valence-corrected chi connectivity index (χ1v) is 9.34. The van der Waals surface area contributed by atoms with Gasteiger partial charge < -0.3 is 15.4 Å². The summed E-state index contributed by atoms with van der Waals surface area (Å²) >= 11 is 0. The lowest BCUT2D eigenvalue weighted by Gasteiger charge is -2.21. The Morgan fingerprint density at radius 3 is 2.25 bits per heavy atom. The number of alkyl halides is 3. The van der Waals surface area contributed by atoms with Crippen LogP contribution in [0.2, 0.25) is 0 Å². The van der Waals surface area contributed by atoms with Crippen molar-refractivity contribution in [2.45, 2.75) is 31.7 Å². The second-order valence-electron chi connectivity index (χ2n) is 7.19. The maximum absolute atomic E-state index is 13.1. The number of nitrogens with one attached hydrogen (secondary N) is 3. The number of hydrogen-bond acceptors (Lipinski definition) is 5. The normalized spacial score (nSPS) is 19.0. The summed E-state index contributed by atoms with van der Waals surface area (Å²) in [5, 5.41) is 6.71. The zero-order valence-electron chi connectivity index (χ0n) is 16.9. The number of amides is 4. The van der Waals surface area contributed by atoms with Crippen LogP contribution in [0.4, 0.5) is 23.7 Å². The van der Waals surface area contributed by atoms with Gasteiger partial charge in [0, 0.05) is 0 Å². The van der Waals surface area contributed by atoms with Crippen molar-refractivity contribution < 1.29 is 37.1 Å². The van der Waals surface area contributed by atoms with Gasteiger partial charge in [0.2, 0.25) is 0 Å². The first-order valence-electron chi connectivity index (χ1n) is 9.34. The number of ether oxygens (including phenoxy) is 1. The van der Waals surface area contributed by atoms with Crippen LogP contribution in [0.25, 0.3) is 0 Å². The quantitative estimate of drug-likeness (QED) is 0.480. The van der Waals surface area contributed by atoms with Crippen LogP contribution in [0.1, 0.15) is 35.3 Å². The molecule has 32 heavy (non-hydrogen) atoms. The molecule has 0 bridgehead atoms. The van der Waals surface area contributed by atoms with E-state index in [9.17, 15) is 32.3 Å². The molecule has 0 unspecified atom stereocenters. The second-order valence-corrected chi connectivity index (χ2v) is 7.19. The highest BCUT2D eigenvalue weighted by Gasteiger charge is 2.43. The first kappa shape index (κ1) is 22.8. The van der Waals surface area contributed by atoms with Crippen molar-refractivity contribution in [3.05, 3.63) is 65.2 Å². The molecule has 1 heterocycles. The fourth-order valence-electron chi connectivity index (χ4n) is 3.04. The molecule has 1 aliphatic heterocycles. The standard InChI is InChI=1S/C21H18F3N3O5/c1-11(16(28)25-15-6-4-3-5-14(15)21(22,23)24)32-17(29)12-7-9-13(10-8-12)20(2)18(30)26-19(31)27-20/h3-11H,1-2H3,(H,25,28)(H2,26,27,30,31)/t11-,20-/m1/s1. The topological polar surface area (TPSA) is 114 Å². The largest absolute Gasteiger partial charge is 0.449 e. The average molecular weight is 449 g/mol. The molecule has 2 aromatic carbocycles. The maximum Gasteiger partial charge on any atom is 0.418 e. The number of hydrogen-bond donors (Lipinski definition) is 3. The van der Waals surface area contributed by atoms with E-state index in [0.717, 1.165) is 12.1 Å². The molecular formula is C21H18F3N3O5. The van der Waals surface area contributed by atoms with Gasteiger partial charge in [0.15, 0.2) is 6.10 Å². The molecule has 0 aliphatic carbocycles. The van der Waals surface area contributed by atoms with Gasteiger partial charge in [0.25, 0.3) is 11.8 Å². The molecule has 0 aromatic heterocycles. The lowest BCUT2D eigenvalue weighted by Crippen LogP contribution is -2.40. The summed E-state index contributed by atoms with van der Waals surface area (Å²) in [5.41, 5.74) is -2.34. The number of para-hydroxylation sites is 1. The molecule has 3 N–H and O–H groups in total. The average Bonchev–Trinajstić information content (AvgIpc) is 3.00.